The number of thiophene rings is 1. The molecule has 1 atom stereocenters. The van der Waals surface area contributed by atoms with E-state index in [2.05, 4.69) is 10.6 Å². The normalized spacial score (nSPS) is 19.4. The molecule has 0 radical (unpaired) electrons. The average molecular weight is 373 g/mol. The van der Waals surface area contributed by atoms with Crippen molar-refractivity contribution in [1.82, 2.24) is 10.2 Å². The maximum atomic E-state index is 12.7. The smallest absolute Gasteiger partial charge is 0.325 e. The van der Waals surface area contributed by atoms with Crippen LogP contribution in [0.3, 0.4) is 0 Å². The van der Waals surface area contributed by atoms with Gasteiger partial charge >= 0.3 is 6.03 Å². The van der Waals surface area contributed by atoms with Crippen molar-refractivity contribution in [3.63, 3.8) is 0 Å². The maximum Gasteiger partial charge on any atom is 0.325 e. The molecule has 136 valence electrons. The zero-order chi connectivity index (χ0) is 18.7. The molecule has 0 spiro atoms. The number of imide groups is 1. The van der Waals surface area contributed by atoms with E-state index in [1.54, 1.807) is 37.3 Å². The maximum absolute atomic E-state index is 12.7. The number of hydrogen-bond acceptors (Lipinski definition) is 5. The molecule has 0 bridgehead atoms. The Hall–Kier alpha value is -2.87. The van der Waals surface area contributed by atoms with Crippen molar-refractivity contribution in [3.8, 4) is 5.75 Å². The molecule has 1 aliphatic heterocycles. The lowest BCUT2D eigenvalue weighted by Gasteiger charge is -2.20. The number of ether oxygens (including phenoxy) is 1. The van der Waals surface area contributed by atoms with Crippen molar-refractivity contribution in [1.29, 1.82) is 0 Å². The standard InChI is InChI=1S/C18H19N3O4S/c1-3-25-13-8-6-12(7-9-13)19-15(22)11-21-16(23)18(2,20-17(21)24)14-5-4-10-26-14/h4-10H,3,11H2,1-2H3,(H,19,22)(H,20,24). The summed E-state index contributed by atoms with van der Waals surface area (Å²) in [6, 6.07) is 9.89. The van der Waals surface area contributed by atoms with Gasteiger partial charge in [0.25, 0.3) is 5.91 Å². The highest BCUT2D eigenvalue weighted by molar-refractivity contribution is 7.10. The second-order valence-corrected chi connectivity index (χ2v) is 6.88. The number of carbonyl (C=O) groups is 3. The molecule has 7 nitrogen and oxygen atoms in total. The summed E-state index contributed by atoms with van der Waals surface area (Å²) < 4.78 is 5.34. The Bertz CT molecular complexity index is 819. The highest BCUT2D eigenvalue weighted by atomic mass is 32.1. The lowest BCUT2D eigenvalue weighted by molar-refractivity contribution is -0.133. The number of benzene rings is 1. The van der Waals surface area contributed by atoms with E-state index in [4.69, 9.17) is 4.74 Å². The minimum absolute atomic E-state index is 0.348. The summed E-state index contributed by atoms with van der Waals surface area (Å²) in [6.07, 6.45) is 0. The van der Waals surface area contributed by atoms with E-state index in [0.717, 1.165) is 9.78 Å². The molecule has 4 amide bonds. The van der Waals surface area contributed by atoms with Crippen LogP contribution in [0, 0.1) is 0 Å². The lowest BCUT2D eigenvalue weighted by atomic mass is 10.0. The van der Waals surface area contributed by atoms with E-state index >= 15 is 0 Å². The largest absolute Gasteiger partial charge is 0.494 e. The van der Waals surface area contributed by atoms with Crippen LogP contribution >= 0.6 is 11.3 Å². The molecule has 1 saturated heterocycles. The van der Waals surface area contributed by atoms with Crippen LogP contribution in [-0.4, -0.2) is 35.9 Å². The van der Waals surface area contributed by atoms with Gasteiger partial charge in [-0.1, -0.05) is 6.07 Å². The predicted molar refractivity (Wildman–Crippen MR) is 98.2 cm³/mol. The summed E-state index contributed by atoms with van der Waals surface area (Å²) in [7, 11) is 0. The molecule has 1 fully saturated rings. The number of urea groups is 1. The van der Waals surface area contributed by atoms with Crippen LogP contribution in [0.5, 0.6) is 5.75 Å². The monoisotopic (exact) mass is 373 g/mol. The number of rotatable bonds is 6. The first-order valence-electron chi connectivity index (χ1n) is 8.15. The van der Waals surface area contributed by atoms with E-state index in [0.29, 0.717) is 18.0 Å². The Balaban J connectivity index is 1.65. The molecule has 8 heteroatoms. The summed E-state index contributed by atoms with van der Waals surface area (Å²) in [6.45, 7) is 3.74. The van der Waals surface area contributed by atoms with Gasteiger partial charge in [-0.2, -0.15) is 0 Å². The Morgan fingerprint density at radius 3 is 2.62 bits per heavy atom. The van der Waals surface area contributed by atoms with Gasteiger partial charge in [-0.15, -0.1) is 11.3 Å². The zero-order valence-corrected chi connectivity index (χ0v) is 15.3. The molecule has 1 unspecified atom stereocenters. The van der Waals surface area contributed by atoms with E-state index in [1.165, 1.54) is 11.3 Å². The minimum atomic E-state index is -1.13. The third-order valence-electron chi connectivity index (χ3n) is 4.04. The van der Waals surface area contributed by atoms with E-state index in [-0.39, 0.29) is 6.54 Å². The Morgan fingerprint density at radius 2 is 2.00 bits per heavy atom. The summed E-state index contributed by atoms with van der Waals surface area (Å²) in [5.41, 5.74) is -0.573. The van der Waals surface area contributed by atoms with Gasteiger partial charge in [0.1, 0.15) is 12.3 Å². The van der Waals surface area contributed by atoms with E-state index in [9.17, 15) is 14.4 Å². The van der Waals surface area contributed by atoms with E-state index < -0.39 is 23.4 Å². The Kier molecular flexibility index (Phi) is 4.94. The number of amides is 4. The molecule has 3 rings (SSSR count). The highest BCUT2D eigenvalue weighted by Gasteiger charge is 2.50. The predicted octanol–water partition coefficient (Wildman–Crippen LogP) is 2.55. The molecule has 2 aromatic rings. The van der Waals surface area contributed by atoms with Crippen LogP contribution in [0.15, 0.2) is 41.8 Å². The molecule has 1 aliphatic rings. The van der Waals surface area contributed by atoms with Crippen molar-refractivity contribution in [2.75, 3.05) is 18.5 Å². The summed E-state index contributed by atoms with van der Waals surface area (Å²) >= 11 is 1.38. The van der Waals surface area contributed by atoms with Crippen molar-refractivity contribution in [2.24, 2.45) is 0 Å². The first kappa shape index (κ1) is 17.9. The van der Waals surface area contributed by atoms with Crippen molar-refractivity contribution in [3.05, 3.63) is 46.7 Å². The van der Waals surface area contributed by atoms with Crippen LogP contribution in [-0.2, 0) is 15.1 Å². The molecule has 1 aromatic heterocycles. The van der Waals surface area contributed by atoms with Crippen molar-refractivity contribution >= 4 is 34.9 Å². The van der Waals surface area contributed by atoms with Crippen molar-refractivity contribution < 1.29 is 19.1 Å². The van der Waals surface area contributed by atoms with Gasteiger partial charge in [0.15, 0.2) is 5.54 Å². The van der Waals surface area contributed by atoms with Crippen LogP contribution < -0.4 is 15.4 Å². The van der Waals surface area contributed by atoms with Gasteiger partial charge in [0, 0.05) is 10.6 Å². The van der Waals surface area contributed by atoms with Gasteiger partial charge in [0.05, 0.1) is 6.61 Å². The third-order valence-corrected chi connectivity index (χ3v) is 5.13. The van der Waals surface area contributed by atoms with Crippen molar-refractivity contribution in [2.45, 2.75) is 19.4 Å². The Labute approximate surface area is 155 Å². The second kappa shape index (κ2) is 7.17. The Morgan fingerprint density at radius 1 is 1.27 bits per heavy atom. The van der Waals surface area contributed by atoms with Crippen LogP contribution in [0.25, 0.3) is 0 Å². The number of anilines is 1. The summed E-state index contributed by atoms with van der Waals surface area (Å²) in [5, 5.41) is 7.18. The van der Waals surface area contributed by atoms with Crippen LogP contribution in [0.1, 0.15) is 18.7 Å². The van der Waals surface area contributed by atoms with Gasteiger partial charge in [-0.3, -0.25) is 14.5 Å². The van der Waals surface area contributed by atoms with Crippen LogP contribution in [0.4, 0.5) is 10.5 Å². The lowest BCUT2D eigenvalue weighted by Crippen LogP contribution is -2.41. The first-order valence-corrected chi connectivity index (χ1v) is 9.03. The minimum Gasteiger partial charge on any atom is -0.494 e. The van der Waals surface area contributed by atoms with Gasteiger partial charge in [-0.05, 0) is 49.6 Å². The topological polar surface area (TPSA) is 87.7 Å². The quantitative estimate of drug-likeness (QED) is 0.762. The fourth-order valence-electron chi connectivity index (χ4n) is 2.72. The average Bonchev–Trinajstić information content (AvgIpc) is 3.22. The van der Waals surface area contributed by atoms with Crippen LogP contribution in [0.2, 0.25) is 0 Å². The van der Waals surface area contributed by atoms with Gasteiger partial charge in [0.2, 0.25) is 5.91 Å². The third kappa shape index (κ3) is 3.41. The highest BCUT2D eigenvalue weighted by Crippen LogP contribution is 2.31. The molecular weight excluding hydrogens is 354 g/mol. The second-order valence-electron chi connectivity index (χ2n) is 5.93. The summed E-state index contributed by atoms with van der Waals surface area (Å²) in [4.78, 5) is 38.8. The number of carbonyl (C=O) groups excluding carboxylic acids is 3. The molecule has 0 saturated carbocycles. The molecule has 26 heavy (non-hydrogen) atoms. The van der Waals surface area contributed by atoms with Gasteiger partial charge in [-0.25, -0.2) is 4.79 Å². The molecule has 2 heterocycles. The molecule has 1 aromatic carbocycles. The first-order chi connectivity index (χ1) is 12.4. The number of hydrogen-bond donors (Lipinski definition) is 2. The zero-order valence-electron chi connectivity index (χ0n) is 14.4. The SMILES string of the molecule is CCOc1ccc(NC(=O)CN2C(=O)NC(C)(c3cccs3)C2=O)cc1. The molecule has 0 aliphatic carbocycles. The fourth-order valence-corrected chi connectivity index (χ4v) is 3.55. The van der Waals surface area contributed by atoms with Gasteiger partial charge < -0.3 is 15.4 Å². The molecule has 2 N–H and O–H groups in total. The fraction of sp³-hybridized carbons (Fsp3) is 0.278. The summed E-state index contributed by atoms with van der Waals surface area (Å²) in [5.74, 6) is -0.189. The number of nitrogens with one attached hydrogen (secondary N) is 2. The molecular formula is C18H19N3O4S. The van der Waals surface area contributed by atoms with E-state index in [1.807, 2.05) is 18.4 Å². The number of nitrogens with zero attached hydrogens (tertiary/aromatic N) is 1.